The van der Waals surface area contributed by atoms with E-state index in [9.17, 15) is 4.79 Å². The van der Waals surface area contributed by atoms with Crippen molar-refractivity contribution in [1.29, 1.82) is 5.41 Å². The smallest absolute Gasteiger partial charge is 0.410 e. The van der Waals surface area contributed by atoms with Crippen molar-refractivity contribution in [2.24, 2.45) is 5.92 Å². The summed E-state index contributed by atoms with van der Waals surface area (Å²) in [4.78, 5) is 13.7. The molecule has 1 saturated carbocycles. The van der Waals surface area contributed by atoms with E-state index in [-0.39, 0.29) is 12.1 Å². The van der Waals surface area contributed by atoms with Crippen LogP contribution in [0.15, 0.2) is 0 Å². The summed E-state index contributed by atoms with van der Waals surface area (Å²) >= 11 is 0. The highest BCUT2D eigenvalue weighted by Crippen LogP contribution is 2.33. The molecule has 90 valence electrons. The number of amides is 1. The number of nitrogens with zero attached hydrogens (tertiary/aromatic N) is 1. The van der Waals surface area contributed by atoms with Gasteiger partial charge in [-0.05, 0) is 46.0 Å². The molecule has 2 atom stereocenters. The van der Waals surface area contributed by atoms with E-state index in [4.69, 9.17) is 10.1 Å². The number of fused-ring (bicyclic) bond motifs is 3. The van der Waals surface area contributed by atoms with Crippen LogP contribution in [-0.4, -0.2) is 34.9 Å². The first-order valence-corrected chi connectivity index (χ1v) is 5.94. The molecule has 2 unspecified atom stereocenters. The summed E-state index contributed by atoms with van der Waals surface area (Å²) in [6.07, 6.45) is 2.69. The molecule has 3 rings (SSSR count). The van der Waals surface area contributed by atoms with Gasteiger partial charge in [0.25, 0.3) is 0 Å². The van der Waals surface area contributed by atoms with Gasteiger partial charge in [-0.2, -0.15) is 0 Å². The van der Waals surface area contributed by atoms with Crippen LogP contribution < -0.4 is 0 Å². The maximum atomic E-state index is 12.0. The van der Waals surface area contributed by atoms with Crippen LogP contribution in [-0.2, 0) is 4.74 Å². The molecule has 16 heavy (non-hydrogen) atoms. The third kappa shape index (κ3) is 2.20. The van der Waals surface area contributed by atoms with E-state index in [1.54, 1.807) is 4.90 Å². The molecule has 0 spiro atoms. The van der Waals surface area contributed by atoms with Gasteiger partial charge in [-0.25, -0.2) is 4.79 Å². The number of hydrogen-bond donors (Lipinski definition) is 1. The van der Waals surface area contributed by atoms with Crippen molar-refractivity contribution < 1.29 is 9.53 Å². The minimum atomic E-state index is -0.448. The molecule has 0 aromatic rings. The van der Waals surface area contributed by atoms with Gasteiger partial charge in [-0.15, -0.1) is 0 Å². The van der Waals surface area contributed by atoms with Crippen LogP contribution in [0.1, 0.15) is 40.0 Å². The Morgan fingerprint density at radius 2 is 2.12 bits per heavy atom. The van der Waals surface area contributed by atoms with Gasteiger partial charge >= 0.3 is 6.09 Å². The molecule has 2 bridgehead atoms. The normalized spacial score (nSPS) is 29.4. The van der Waals surface area contributed by atoms with Crippen molar-refractivity contribution in [3.8, 4) is 0 Å². The van der Waals surface area contributed by atoms with Gasteiger partial charge in [0.2, 0.25) is 0 Å². The zero-order chi connectivity index (χ0) is 11.9. The predicted molar refractivity (Wildman–Crippen MR) is 61.8 cm³/mol. The second kappa shape index (κ2) is 3.75. The zero-order valence-electron chi connectivity index (χ0n) is 10.2. The molecule has 0 radical (unpaired) electrons. The lowest BCUT2D eigenvalue weighted by Gasteiger charge is -2.45. The van der Waals surface area contributed by atoms with Crippen LogP contribution in [0, 0.1) is 11.3 Å². The third-order valence-electron chi connectivity index (χ3n) is 3.22. The molecule has 2 aliphatic heterocycles. The quantitative estimate of drug-likeness (QED) is 0.687. The average Bonchev–Trinajstić information content (AvgIpc) is 2.15. The van der Waals surface area contributed by atoms with Gasteiger partial charge in [0.1, 0.15) is 5.60 Å². The second-order valence-electron chi connectivity index (χ2n) is 5.82. The molecule has 3 fully saturated rings. The fourth-order valence-electron chi connectivity index (χ4n) is 2.54. The summed E-state index contributed by atoms with van der Waals surface area (Å²) in [7, 11) is 0. The van der Waals surface area contributed by atoms with Crippen LogP contribution in [0.5, 0.6) is 0 Å². The molecule has 0 aromatic heterocycles. The monoisotopic (exact) mass is 224 g/mol. The third-order valence-corrected chi connectivity index (χ3v) is 3.22. The first kappa shape index (κ1) is 11.4. The number of carbonyl (C=O) groups is 1. The lowest BCUT2D eigenvalue weighted by molar-refractivity contribution is 0.00673. The highest BCUT2D eigenvalue weighted by Gasteiger charge is 2.41. The Kier molecular flexibility index (Phi) is 2.68. The number of hydrogen-bond acceptors (Lipinski definition) is 3. The van der Waals surface area contributed by atoms with Crippen molar-refractivity contribution in [3.05, 3.63) is 0 Å². The molecule has 2 saturated heterocycles. The van der Waals surface area contributed by atoms with E-state index in [1.807, 2.05) is 20.8 Å². The SMILES string of the molecule is CC(C)(C)OC(=O)N1CC2CCC1C(=N)C2. The lowest BCUT2D eigenvalue weighted by Crippen LogP contribution is -2.56. The summed E-state index contributed by atoms with van der Waals surface area (Å²) in [6, 6.07) is -0.000139. The van der Waals surface area contributed by atoms with Crippen molar-refractivity contribution in [3.63, 3.8) is 0 Å². The van der Waals surface area contributed by atoms with Crippen LogP contribution >= 0.6 is 0 Å². The van der Waals surface area contributed by atoms with Crippen molar-refractivity contribution in [2.45, 2.75) is 51.7 Å². The standard InChI is InChI=1S/C12H20N2O2/c1-12(2,3)16-11(15)14-7-8-4-5-10(14)9(13)6-8/h8,10,13H,4-7H2,1-3H3. The summed E-state index contributed by atoms with van der Waals surface area (Å²) in [5, 5.41) is 7.88. The van der Waals surface area contributed by atoms with Crippen LogP contribution in [0.3, 0.4) is 0 Å². The molecular formula is C12H20N2O2. The maximum Gasteiger partial charge on any atom is 0.410 e. The van der Waals surface area contributed by atoms with Gasteiger partial charge in [0.05, 0.1) is 6.04 Å². The number of ether oxygens (including phenoxy) is 1. The topological polar surface area (TPSA) is 53.4 Å². The van der Waals surface area contributed by atoms with Gasteiger partial charge < -0.3 is 10.1 Å². The van der Waals surface area contributed by atoms with E-state index in [0.29, 0.717) is 11.6 Å². The fraction of sp³-hybridized carbons (Fsp3) is 0.833. The van der Waals surface area contributed by atoms with E-state index in [1.165, 1.54) is 0 Å². The summed E-state index contributed by atoms with van der Waals surface area (Å²) in [6.45, 7) is 6.39. The molecule has 0 aromatic carbocycles. The number of piperidine rings is 2. The highest BCUT2D eigenvalue weighted by molar-refractivity contribution is 5.91. The molecule has 1 N–H and O–H groups in total. The second-order valence-corrected chi connectivity index (χ2v) is 5.82. The average molecular weight is 224 g/mol. The van der Waals surface area contributed by atoms with E-state index < -0.39 is 5.60 Å². The predicted octanol–water partition coefficient (Wildman–Crippen LogP) is 2.43. The number of carbonyl (C=O) groups excluding carboxylic acids is 1. The maximum absolute atomic E-state index is 12.0. The first-order chi connectivity index (χ1) is 7.37. The molecular weight excluding hydrogens is 204 g/mol. The molecule has 1 aliphatic carbocycles. The van der Waals surface area contributed by atoms with E-state index in [0.717, 1.165) is 25.8 Å². The Morgan fingerprint density at radius 1 is 1.44 bits per heavy atom. The number of rotatable bonds is 0. The fourth-order valence-corrected chi connectivity index (χ4v) is 2.54. The van der Waals surface area contributed by atoms with E-state index >= 15 is 0 Å². The van der Waals surface area contributed by atoms with Gasteiger partial charge in [-0.3, -0.25) is 4.90 Å². The van der Waals surface area contributed by atoms with Crippen LogP contribution in [0.2, 0.25) is 0 Å². The molecule has 1 amide bonds. The van der Waals surface area contributed by atoms with Gasteiger partial charge in [0, 0.05) is 12.3 Å². The summed E-state index contributed by atoms with van der Waals surface area (Å²) in [5.74, 6) is 0.477. The Hall–Kier alpha value is -1.06. The Labute approximate surface area is 96.5 Å². The summed E-state index contributed by atoms with van der Waals surface area (Å²) in [5.41, 5.74) is 0.254. The number of nitrogens with one attached hydrogen (secondary N) is 1. The lowest BCUT2D eigenvalue weighted by atomic mass is 9.79. The highest BCUT2D eigenvalue weighted by atomic mass is 16.6. The van der Waals surface area contributed by atoms with Crippen molar-refractivity contribution in [1.82, 2.24) is 4.90 Å². The largest absolute Gasteiger partial charge is 0.444 e. The van der Waals surface area contributed by atoms with Crippen molar-refractivity contribution >= 4 is 11.8 Å². The van der Waals surface area contributed by atoms with Crippen LogP contribution in [0.4, 0.5) is 4.79 Å². The molecule has 3 aliphatic rings. The van der Waals surface area contributed by atoms with Gasteiger partial charge in [0.15, 0.2) is 0 Å². The Balaban J connectivity index is 2.05. The first-order valence-electron chi connectivity index (χ1n) is 5.94. The Bertz CT molecular complexity index is 319. The minimum Gasteiger partial charge on any atom is -0.444 e. The molecule has 2 heterocycles. The minimum absolute atomic E-state index is 0.000139. The van der Waals surface area contributed by atoms with Crippen molar-refractivity contribution in [2.75, 3.05) is 6.54 Å². The van der Waals surface area contributed by atoms with Gasteiger partial charge in [-0.1, -0.05) is 0 Å². The van der Waals surface area contributed by atoms with Crippen LogP contribution in [0.25, 0.3) is 0 Å². The molecule has 4 heteroatoms. The van der Waals surface area contributed by atoms with E-state index in [2.05, 4.69) is 0 Å². The zero-order valence-corrected chi connectivity index (χ0v) is 10.2. The Morgan fingerprint density at radius 3 is 2.62 bits per heavy atom. The summed E-state index contributed by atoms with van der Waals surface area (Å²) < 4.78 is 5.37. The molecule has 4 nitrogen and oxygen atoms in total.